The van der Waals surface area contributed by atoms with Gasteiger partial charge in [-0.05, 0) is 12.3 Å². The van der Waals surface area contributed by atoms with Crippen LogP contribution in [0.4, 0.5) is 5.82 Å². The fourth-order valence-electron chi connectivity index (χ4n) is 1.47. The Balaban J connectivity index is 2.74. The second-order valence-corrected chi connectivity index (χ2v) is 4.02. The molecule has 16 heavy (non-hydrogen) atoms. The van der Waals surface area contributed by atoms with Crippen LogP contribution in [0.3, 0.4) is 0 Å². The molecular formula is C11H16N4O. The molecule has 5 heteroatoms. The maximum Gasteiger partial charge on any atom is 0.182 e. The third-order valence-electron chi connectivity index (χ3n) is 2.12. The number of hydrogen-bond donors (Lipinski definition) is 2. The van der Waals surface area contributed by atoms with E-state index in [4.69, 9.17) is 5.26 Å². The van der Waals surface area contributed by atoms with Gasteiger partial charge in [-0.15, -0.1) is 0 Å². The Morgan fingerprint density at radius 3 is 2.69 bits per heavy atom. The van der Waals surface area contributed by atoms with Gasteiger partial charge in [0.05, 0.1) is 12.6 Å². The van der Waals surface area contributed by atoms with Crippen molar-refractivity contribution in [1.29, 1.82) is 5.26 Å². The van der Waals surface area contributed by atoms with Gasteiger partial charge in [-0.3, -0.25) is 0 Å². The van der Waals surface area contributed by atoms with E-state index in [9.17, 15) is 5.11 Å². The molecule has 0 aromatic carbocycles. The highest BCUT2D eigenvalue weighted by Crippen LogP contribution is 2.12. The smallest absolute Gasteiger partial charge is 0.182 e. The largest absolute Gasteiger partial charge is 0.394 e. The van der Waals surface area contributed by atoms with Crippen molar-refractivity contribution in [2.45, 2.75) is 26.3 Å². The highest BCUT2D eigenvalue weighted by Gasteiger charge is 2.12. The summed E-state index contributed by atoms with van der Waals surface area (Å²) in [5.41, 5.74) is 0.254. The van der Waals surface area contributed by atoms with Crippen LogP contribution in [0, 0.1) is 17.2 Å². The second kappa shape index (κ2) is 6.03. The van der Waals surface area contributed by atoms with Gasteiger partial charge in [0.25, 0.3) is 0 Å². The Bertz CT molecular complexity index is 372. The molecule has 0 fully saturated rings. The third kappa shape index (κ3) is 3.48. The van der Waals surface area contributed by atoms with Crippen molar-refractivity contribution in [3.05, 3.63) is 18.1 Å². The fourth-order valence-corrected chi connectivity index (χ4v) is 1.47. The SMILES string of the molecule is CC(C)CC(CO)Nc1nccnc1C#N. The Hall–Kier alpha value is -1.67. The molecule has 0 aliphatic carbocycles. The normalized spacial score (nSPS) is 12.2. The van der Waals surface area contributed by atoms with Gasteiger partial charge in [0.15, 0.2) is 11.5 Å². The molecule has 0 bridgehead atoms. The zero-order valence-electron chi connectivity index (χ0n) is 9.51. The molecule has 0 saturated carbocycles. The number of nitrogens with one attached hydrogen (secondary N) is 1. The van der Waals surface area contributed by atoms with Crippen molar-refractivity contribution < 1.29 is 5.11 Å². The lowest BCUT2D eigenvalue weighted by molar-refractivity contribution is 0.259. The minimum atomic E-state index is -0.0937. The van der Waals surface area contributed by atoms with Crippen LogP contribution in [0.25, 0.3) is 0 Å². The van der Waals surface area contributed by atoms with Gasteiger partial charge in [-0.25, -0.2) is 9.97 Å². The molecule has 0 amide bonds. The maximum absolute atomic E-state index is 9.21. The molecule has 0 aliphatic rings. The molecule has 1 aromatic heterocycles. The van der Waals surface area contributed by atoms with Gasteiger partial charge in [0.2, 0.25) is 0 Å². The van der Waals surface area contributed by atoms with Crippen molar-refractivity contribution in [1.82, 2.24) is 9.97 Å². The molecular weight excluding hydrogens is 204 g/mol. The van der Waals surface area contributed by atoms with E-state index in [2.05, 4.69) is 29.1 Å². The first-order chi connectivity index (χ1) is 7.67. The van der Waals surface area contributed by atoms with E-state index >= 15 is 0 Å². The standard InChI is InChI=1S/C11H16N4O/c1-8(2)5-9(7-16)15-11-10(6-12)13-3-4-14-11/h3-4,8-9,16H,5,7H2,1-2H3,(H,14,15). The highest BCUT2D eigenvalue weighted by atomic mass is 16.3. The molecule has 1 heterocycles. The summed E-state index contributed by atoms with van der Waals surface area (Å²) < 4.78 is 0. The lowest BCUT2D eigenvalue weighted by Crippen LogP contribution is -2.26. The summed E-state index contributed by atoms with van der Waals surface area (Å²) >= 11 is 0. The lowest BCUT2D eigenvalue weighted by atomic mass is 10.0. The van der Waals surface area contributed by atoms with Crippen molar-refractivity contribution in [3.8, 4) is 6.07 Å². The molecule has 1 aromatic rings. The van der Waals surface area contributed by atoms with Gasteiger partial charge in [0.1, 0.15) is 6.07 Å². The van der Waals surface area contributed by atoms with E-state index in [1.807, 2.05) is 6.07 Å². The summed E-state index contributed by atoms with van der Waals surface area (Å²) in [5.74, 6) is 0.900. The fraction of sp³-hybridized carbons (Fsp3) is 0.545. The molecule has 0 saturated heterocycles. The lowest BCUT2D eigenvalue weighted by Gasteiger charge is -2.18. The van der Waals surface area contributed by atoms with Crippen LogP contribution in [-0.2, 0) is 0 Å². The van der Waals surface area contributed by atoms with Crippen LogP contribution in [0.5, 0.6) is 0 Å². The number of hydrogen-bond acceptors (Lipinski definition) is 5. The number of rotatable bonds is 5. The number of aromatic nitrogens is 2. The predicted octanol–water partition coefficient (Wildman–Crippen LogP) is 1.17. The van der Waals surface area contributed by atoms with Crippen molar-refractivity contribution in [3.63, 3.8) is 0 Å². The van der Waals surface area contributed by atoms with Crippen LogP contribution >= 0.6 is 0 Å². The highest BCUT2D eigenvalue weighted by molar-refractivity contribution is 5.47. The number of anilines is 1. The summed E-state index contributed by atoms with van der Waals surface area (Å²) in [6, 6.07) is 1.87. The number of aliphatic hydroxyl groups excluding tert-OH is 1. The minimum Gasteiger partial charge on any atom is -0.394 e. The quantitative estimate of drug-likeness (QED) is 0.778. The molecule has 1 rings (SSSR count). The average molecular weight is 220 g/mol. The summed E-state index contributed by atoms with van der Waals surface area (Å²) in [4.78, 5) is 7.93. The Morgan fingerprint density at radius 1 is 1.44 bits per heavy atom. The third-order valence-corrected chi connectivity index (χ3v) is 2.12. The van der Waals surface area contributed by atoms with Gasteiger partial charge < -0.3 is 10.4 Å². The van der Waals surface area contributed by atoms with Gasteiger partial charge in [-0.2, -0.15) is 5.26 Å². The number of nitriles is 1. The molecule has 0 radical (unpaired) electrons. The molecule has 86 valence electrons. The van der Waals surface area contributed by atoms with Crippen molar-refractivity contribution in [2.24, 2.45) is 5.92 Å². The molecule has 2 N–H and O–H groups in total. The van der Waals surface area contributed by atoms with Crippen molar-refractivity contribution >= 4 is 5.82 Å². The van der Waals surface area contributed by atoms with Crippen LogP contribution in [0.1, 0.15) is 26.0 Å². The molecule has 1 unspecified atom stereocenters. The molecule has 5 nitrogen and oxygen atoms in total. The first-order valence-electron chi connectivity index (χ1n) is 5.25. The maximum atomic E-state index is 9.21. The monoisotopic (exact) mass is 220 g/mol. The number of nitrogens with zero attached hydrogens (tertiary/aromatic N) is 3. The van der Waals surface area contributed by atoms with Crippen molar-refractivity contribution in [2.75, 3.05) is 11.9 Å². The van der Waals surface area contributed by atoms with Crippen LogP contribution < -0.4 is 5.32 Å². The molecule has 1 atom stereocenters. The first-order valence-corrected chi connectivity index (χ1v) is 5.25. The van der Waals surface area contributed by atoms with E-state index in [1.54, 1.807) is 0 Å². The van der Waals surface area contributed by atoms with E-state index in [0.717, 1.165) is 6.42 Å². The zero-order chi connectivity index (χ0) is 12.0. The summed E-state index contributed by atoms with van der Waals surface area (Å²) in [6.45, 7) is 4.16. The second-order valence-electron chi connectivity index (χ2n) is 4.02. The Kier molecular flexibility index (Phi) is 4.67. The number of aliphatic hydroxyl groups is 1. The van der Waals surface area contributed by atoms with Crippen LogP contribution in [-0.4, -0.2) is 27.7 Å². The average Bonchev–Trinajstić information content (AvgIpc) is 2.28. The van der Waals surface area contributed by atoms with Crippen LogP contribution in [0.15, 0.2) is 12.4 Å². The molecule has 0 spiro atoms. The van der Waals surface area contributed by atoms with Gasteiger partial charge >= 0.3 is 0 Å². The molecule has 0 aliphatic heterocycles. The van der Waals surface area contributed by atoms with E-state index in [1.165, 1.54) is 12.4 Å². The summed E-state index contributed by atoms with van der Waals surface area (Å²) in [6.07, 6.45) is 3.81. The summed E-state index contributed by atoms with van der Waals surface area (Å²) in [5, 5.41) is 21.1. The van der Waals surface area contributed by atoms with E-state index in [-0.39, 0.29) is 18.3 Å². The predicted molar refractivity (Wildman–Crippen MR) is 60.7 cm³/mol. The first kappa shape index (κ1) is 12.4. The van der Waals surface area contributed by atoms with E-state index in [0.29, 0.717) is 11.7 Å². The van der Waals surface area contributed by atoms with Crippen LogP contribution in [0.2, 0.25) is 0 Å². The van der Waals surface area contributed by atoms with E-state index < -0.39 is 0 Å². The van der Waals surface area contributed by atoms with Gasteiger partial charge in [0, 0.05) is 12.4 Å². The minimum absolute atomic E-state index is 0.0135. The Labute approximate surface area is 95.2 Å². The zero-order valence-corrected chi connectivity index (χ0v) is 9.51. The Morgan fingerprint density at radius 2 is 2.12 bits per heavy atom. The van der Waals surface area contributed by atoms with Gasteiger partial charge in [-0.1, -0.05) is 13.8 Å². The topological polar surface area (TPSA) is 81.8 Å². The summed E-state index contributed by atoms with van der Waals surface area (Å²) in [7, 11) is 0.